The molecule has 19 heavy (non-hydrogen) atoms. The van der Waals surface area contributed by atoms with Gasteiger partial charge in [0.2, 0.25) is 5.91 Å². The Bertz CT molecular complexity index is 493. The number of ether oxygens (including phenoxy) is 1. The molecule has 1 aromatic heterocycles. The van der Waals surface area contributed by atoms with E-state index in [0.717, 1.165) is 4.47 Å². The molecule has 0 unspecified atom stereocenters. The first kappa shape index (κ1) is 14.0. The van der Waals surface area contributed by atoms with Crippen molar-refractivity contribution in [1.29, 1.82) is 0 Å². The molecule has 1 saturated heterocycles. The van der Waals surface area contributed by atoms with Crippen molar-refractivity contribution in [2.24, 2.45) is 5.92 Å². The molecule has 0 aromatic carbocycles. The molecule has 6 heteroatoms. The van der Waals surface area contributed by atoms with Crippen molar-refractivity contribution in [3.63, 3.8) is 0 Å². The Labute approximate surface area is 120 Å². The number of halogens is 1. The van der Waals surface area contributed by atoms with Gasteiger partial charge in [-0.25, -0.2) is 4.79 Å². The lowest BCUT2D eigenvalue weighted by Crippen LogP contribution is -2.25. The Morgan fingerprint density at radius 2 is 2.37 bits per heavy atom. The average molecular weight is 327 g/mol. The second-order valence-corrected chi connectivity index (χ2v) is 5.41. The number of hydrogen-bond acceptors (Lipinski definition) is 4. The van der Waals surface area contributed by atoms with E-state index in [2.05, 4.69) is 20.9 Å². The average Bonchev–Trinajstić information content (AvgIpc) is 2.76. The van der Waals surface area contributed by atoms with Crippen LogP contribution < -0.4 is 0 Å². The summed E-state index contributed by atoms with van der Waals surface area (Å²) in [5, 5.41) is 0. The summed E-state index contributed by atoms with van der Waals surface area (Å²) in [5.74, 6) is -0.180. The molecule has 0 saturated carbocycles. The van der Waals surface area contributed by atoms with Crippen LogP contribution in [0.1, 0.15) is 23.7 Å². The fourth-order valence-electron chi connectivity index (χ4n) is 2.07. The zero-order valence-corrected chi connectivity index (χ0v) is 12.2. The van der Waals surface area contributed by atoms with Gasteiger partial charge in [0.25, 0.3) is 0 Å². The van der Waals surface area contributed by atoms with E-state index in [0.29, 0.717) is 25.1 Å². The van der Waals surface area contributed by atoms with E-state index in [-0.39, 0.29) is 18.4 Å². The van der Waals surface area contributed by atoms with Crippen LogP contribution in [0.15, 0.2) is 22.9 Å². The van der Waals surface area contributed by atoms with Gasteiger partial charge in [0.05, 0.1) is 12.2 Å². The van der Waals surface area contributed by atoms with Crippen molar-refractivity contribution in [2.45, 2.75) is 13.3 Å². The molecule has 0 radical (unpaired) electrons. The highest BCUT2D eigenvalue weighted by Crippen LogP contribution is 2.18. The summed E-state index contributed by atoms with van der Waals surface area (Å²) < 4.78 is 5.96. The van der Waals surface area contributed by atoms with Crippen LogP contribution in [0.5, 0.6) is 0 Å². The molecule has 2 heterocycles. The van der Waals surface area contributed by atoms with Crippen molar-refractivity contribution in [3.8, 4) is 0 Å². The van der Waals surface area contributed by atoms with Crippen LogP contribution in [0.2, 0.25) is 0 Å². The van der Waals surface area contributed by atoms with E-state index in [1.165, 1.54) is 6.20 Å². The van der Waals surface area contributed by atoms with Crippen LogP contribution in [-0.2, 0) is 9.53 Å². The number of nitrogens with zero attached hydrogens (tertiary/aromatic N) is 2. The minimum atomic E-state index is -0.406. The molecule has 5 nitrogen and oxygen atoms in total. The standard InChI is InChI=1S/C13H15BrN2O3/c1-2-16-7-9(3-12(16)17)8-19-13(18)10-4-11(14)6-15-5-10/h4-6,9H,2-3,7-8H2,1H3/t9-/m0/s1. The SMILES string of the molecule is CCN1C[C@@H](COC(=O)c2cncc(Br)c2)CC1=O. The molecule has 0 N–H and O–H groups in total. The molecule has 0 aliphatic carbocycles. The van der Waals surface area contributed by atoms with Crippen LogP contribution in [-0.4, -0.2) is 41.5 Å². The predicted octanol–water partition coefficient (Wildman–Crippen LogP) is 1.87. The molecule has 1 fully saturated rings. The maximum absolute atomic E-state index is 11.8. The maximum atomic E-state index is 11.8. The number of likely N-dealkylation sites (tertiary alicyclic amines) is 1. The van der Waals surface area contributed by atoms with E-state index < -0.39 is 5.97 Å². The molecule has 1 aromatic rings. The smallest absolute Gasteiger partial charge is 0.339 e. The zero-order chi connectivity index (χ0) is 13.8. The van der Waals surface area contributed by atoms with Crippen LogP contribution in [0.4, 0.5) is 0 Å². The summed E-state index contributed by atoms with van der Waals surface area (Å²) in [7, 11) is 0. The van der Waals surface area contributed by atoms with Gasteiger partial charge in [-0.3, -0.25) is 9.78 Å². The molecular formula is C13H15BrN2O3. The first-order valence-corrected chi connectivity index (χ1v) is 6.95. The Morgan fingerprint density at radius 1 is 1.58 bits per heavy atom. The number of carbonyl (C=O) groups excluding carboxylic acids is 2. The Hall–Kier alpha value is -1.43. The van der Waals surface area contributed by atoms with Crippen molar-refractivity contribution >= 4 is 27.8 Å². The van der Waals surface area contributed by atoms with E-state index in [1.54, 1.807) is 17.2 Å². The summed E-state index contributed by atoms with van der Waals surface area (Å²) in [6, 6.07) is 1.66. The van der Waals surface area contributed by atoms with Crippen molar-refractivity contribution in [2.75, 3.05) is 19.7 Å². The summed E-state index contributed by atoms with van der Waals surface area (Å²) >= 11 is 3.25. The highest BCUT2D eigenvalue weighted by atomic mass is 79.9. The quantitative estimate of drug-likeness (QED) is 0.792. The molecule has 1 amide bonds. The lowest BCUT2D eigenvalue weighted by atomic mass is 10.1. The second-order valence-electron chi connectivity index (χ2n) is 4.49. The van der Waals surface area contributed by atoms with Gasteiger partial charge in [0.15, 0.2) is 0 Å². The third-order valence-electron chi connectivity index (χ3n) is 3.07. The highest BCUT2D eigenvalue weighted by molar-refractivity contribution is 9.10. The van der Waals surface area contributed by atoms with Crippen molar-refractivity contribution < 1.29 is 14.3 Å². The maximum Gasteiger partial charge on any atom is 0.339 e. The van der Waals surface area contributed by atoms with Crippen molar-refractivity contribution in [1.82, 2.24) is 9.88 Å². The van der Waals surface area contributed by atoms with Gasteiger partial charge in [-0.05, 0) is 28.9 Å². The molecule has 2 rings (SSSR count). The number of rotatable bonds is 4. The molecule has 1 aliphatic heterocycles. The van der Waals surface area contributed by atoms with Gasteiger partial charge in [-0.15, -0.1) is 0 Å². The Morgan fingerprint density at radius 3 is 3.00 bits per heavy atom. The van der Waals surface area contributed by atoms with Gasteiger partial charge < -0.3 is 9.64 Å². The van der Waals surface area contributed by atoms with Crippen LogP contribution >= 0.6 is 15.9 Å². The van der Waals surface area contributed by atoms with Crippen LogP contribution in [0, 0.1) is 5.92 Å². The number of amides is 1. The number of esters is 1. The summed E-state index contributed by atoms with van der Waals surface area (Å²) in [4.78, 5) is 29.0. The Balaban J connectivity index is 1.86. The minimum absolute atomic E-state index is 0.0940. The number of pyridine rings is 1. The van der Waals surface area contributed by atoms with Gasteiger partial charge in [-0.2, -0.15) is 0 Å². The molecule has 102 valence electrons. The molecule has 1 aliphatic rings. The molecule has 1 atom stereocenters. The summed E-state index contributed by atoms with van der Waals surface area (Å²) in [6.07, 6.45) is 3.52. The largest absolute Gasteiger partial charge is 0.462 e. The van der Waals surface area contributed by atoms with E-state index in [9.17, 15) is 9.59 Å². The third kappa shape index (κ3) is 3.53. The summed E-state index contributed by atoms with van der Waals surface area (Å²) in [6.45, 7) is 3.59. The normalized spacial score (nSPS) is 18.7. The van der Waals surface area contributed by atoms with Gasteiger partial charge in [0.1, 0.15) is 0 Å². The fourth-order valence-corrected chi connectivity index (χ4v) is 2.44. The van der Waals surface area contributed by atoms with E-state index in [4.69, 9.17) is 4.74 Å². The summed E-state index contributed by atoms with van der Waals surface area (Å²) in [5.41, 5.74) is 0.408. The number of aromatic nitrogens is 1. The fraction of sp³-hybridized carbons (Fsp3) is 0.462. The first-order chi connectivity index (χ1) is 9.10. The number of carbonyl (C=O) groups is 2. The third-order valence-corrected chi connectivity index (χ3v) is 3.50. The van der Waals surface area contributed by atoms with E-state index in [1.807, 2.05) is 6.92 Å². The lowest BCUT2D eigenvalue weighted by molar-refractivity contribution is -0.127. The lowest BCUT2D eigenvalue weighted by Gasteiger charge is -2.13. The van der Waals surface area contributed by atoms with Gasteiger partial charge >= 0.3 is 5.97 Å². The zero-order valence-electron chi connectivity index (χ0n) is 10.6. The second kappa shape index (κ2) is 6.14. The van der Waals surface area contributed by atoms with Gasteiger partial charge in [-0.1, -0.05) is 0 Å². The Kier molecular flexibility index (Phi) is 4.52. The molecule has 0 bridgehead atoms. The predicted molar refractivity (Wildman–Crippen MR) is 72.6 cm³/mol. The highest BCUT2D eigenvalue weighted by Gasteiger charge is 2.29. The monoisotopic (exact) mass is 326 g/mol. The van der Waals surface area contributed by atoms with E-state index >= 15 is 0 Å². The van der Waals surface area contributed by atoms with Gasteiger partial charge in [0, 0.05) is 42.3 Å². The topological polar surface area (TPSA) is 59.5 Å². The van der Waals surface area contributed by atoms with Crippen LogP contribution in [0.25, 0.3) is 0 Å². The molecular weight excluding hydrogens is 312 g/mol. The molecule has 0 spiro atoms. The van der Waals surface area contributed by atoms with Crippen LogP contribution in [0.3, 0.4) is 0 Å². The number of hydrogen-bond donors (Lipinski definition) is 0. The first-order valence-electron chi connectivity index (χ1n) is 6.15. The van der Waals surface area contributed by atoms with Crippen molar-refractivity contribution in [3.05, 3.63) is 28.5 Å². The minimum Gasteiger partial charge on any atom is -0.462 e.